The van der Waals surface area contributed by atoms with Crippen LogP contribution in [0.3, 0.4) is 0 Å². The molecule has 0 aromatic heterocycles. The van der Waals surface area contributed by atoms with Gasteiger partial charge >= 0.3 is 6.16 Å². The molecule has 0 aliphatic rings. The minimum absolute atomic E-state index is 0.211. The molecule has 0 radical (unpaired) electrons. The summed E-state index contributed by atoms with van der Waals surface area (Å²) in [6, 6.07) is 6.23. The Kier molecular flexibility index (Phi) is 5.16. The maximum absolute atomic E-state index is 11.3. The van der Waals surface area contributed by atoms with Gasteiger partial charge in [-0.15, -0.1) is 0 Å². The third-order valence-electron chi connectivity index (χ3n) is 2.41. The van der Waals surface area contributed by atoms with Crippen molar-refractivity contribution in [3.63, 3.8) is 0 Å². The van der Waals surface area contributed by atoms with E-state index in [9.17, 15) is 4.79 Å². The molecule has 0 saturated carbocycles. The van der Waals surface area contributed by atoms with Gasteiger partial charge in [-0.2, -0.15) is 0 Å². The van der Waals surface area contributed by atoms with Gasteiger partial charge in [0.05, 0.1) is 0 Å². The number of rotatable bonds is 3. The van der Waals surface area contributed by atoms with E-state index in [4.69, 9.17) is 9.47 Å². The van der Waals surface area contributed by atoms with Crippen LogP contribution < -0.4 is 0 Å². The van der Waals surface area contributed by atoms with Crippen LogP contribution in [0.15, 0.2) is 24.3 Å². The summed E-state index contributed by atoms with van der Waals surface area (Å²) in [6.07, 6.45) is 3.11. The van der Waals surface area contributed by atoms with Crippen LogP contribution >= 0.6 is 0 Å². The van der Waals surface area contributed by atoms with Crippen molar-refractivity contribution in [1.82, 2.24) is 0 Å². The van der Waals surface area contributed by atoms with Crippen molar-refractivity contribution in [3.05, 3.63) is 41.0 Å². The molecule has 0 saturated heterocycles. The van der Waals surface area contributed by atoms with Gasteiger partial charge in [0.15, 0.2) is 0 Å². The topological polar surface area (TPSA) is 35.5 Å². The lowest BCUT2D eigenvalue weighted by atomic mass is 10.1. The van der Waals surface area contributed by atoms with Crippen LogP contribution in [0.5, 0.6) is 0 Å². The molecule has 1 aromatic carbocycles. The number of benzene rings is 1. The van der Waals surface area contributed by atoms with Crippen LogP contribution in [0.4, 0.5) is 4.79 Å². The van der Waals surface area contributed by atoms with Crippen LogP contribution in [-0.2, 0) is 9.47 Å². The van der Waals surface area contributed by atoms with Crippen molar-refractivity contribution < 1.29 is 14.3 Å². The highest BCUT2D eigenvalue weighted by atomic mass is 16.7. The summed E-state index contributed by atoms with van der Waals surface area (Å²) in [5, 5.41) is 0. The van der Waals surface area contributed by atoms with Gasteiger partial charge in [0.1, 0.15) is 12.2 Å². The van der Waals surface area contributed by atoms with Gasteiger partial charge in [-0.3, -0.25) is 0 Å². The summed E-state index contributed by atoms with van der Waals surface area (Å²) in [5.41, 5.74) is 3.04. The van der Waals surface area contributed by atoms with E-state index in [2.05, 4.69) is 32.0 Å². The van der Waals surface area contributed by atoms with E-state index in [1.165, 1.54) is 11.1 Å². The predicted octanol–water partition coefficient (Wildman–Crippen LogP) is 4.27. The minimum atomic E-state index is -0.641. The third kappa shape index (κ3) is 6.09. The Morgan fingerprint density at radius 3 is 2.53 bits per heavy atom. The molecule has 0 amide bonds. The van der Waals surface area contributed by atoms with Crippen LogP contribution in [0, 0.1) is 13.8 Å². The summed E-state index contributed by atoms with van der Waals surface area (Å²) in [4.78, 5) is 11.3. The van der Waals surface area contributed by atoms with E-state index in [-0.39, 0.29) is 6.61 Å². The molecule has 0 atom stereocenters. The molecule has 0 aliphatic heterocycles. The zero-order valence-electron chi connectivity index (χ0n) is 12.3. The fourth-order valence-electron chi connectivity index (χ4n) is 1.58. The van der Waals surface area contributed by atoms with Crippen molar-refractivity contribution in [1.29, 1.82) is 0 Å². The number of carbonyl (C=O) groups is 1. The first-order chi connectivity index (χ1) is 8.78. The van der Waals surface area contributed by atoms with E-state index in [0.29, 0.717) is 0 Å². The van der Waals surface area contributed by atoms with Gasteiger partial charge in [0, 0.05) is 0 Å². The first kappa shape index (κ1) is 15.3. The normalized spacial score (nSPS) is 11.6. The van der Waals surface area contributed by atoms with Crippen molar-refractivity contribution in [2.75, 3.05) is 6.61 Å². The van der Waals surface area contributed by atoms with Crippen molar-refractivity contribution in [3.8, 4) is 0 Å². The van der Waals surface area contributed by atoms with Crippen LogP contribution in [0.25, 0.3) is 6.08 Å². The fraction of sp³-hybridized carbons (Fsp3) is 0.438. The monoisotopic (exact) mass is 262 g/mol. The number of hydrogen-bond acceptors (Lipinski definition) is 3. The largest absolute Gasteiger partial charge is 0.509 e. The summed E-state index contributed by atoms with van der Waals surface area (Å²) in [6.45, 7) is 9.75. The smallest absolute Gasteiger partial charge is 0.430 e. The highest BCUT2D eigenvalue weighted by Crippen LogP contribution is 2.12. The SMILES string of the molecule is Cc1ccc(/C=C/COC(=O)OC(C)(C)C)c(C)c1. The maximum atomic E-state index is 11.3. The van der Waals surface area contributed by atoms with E-state index in [1.807, 2.05) is 12.2 Å². The van der Waals surface area contributed by atoms with Gasteiger partial charge in [-0.05, 0) is 51.8 Å². The first-order valence-corrected chi connectivity index (χ1v) is 6.37. The standard InChI is InChI=1S/C16H22O3/c1-12-8-9-14(13(2)11-12)7-6-10-18-15(17)19-16(3,4)5/h6-9,11H,10H2,1-5H3/b7-6+. The zero-order chi connectivity index (χ0) is 14.5. The molecule has 0 bridgehead atoms. The molecule has 0 heterocycles. The Morgan fingerprint density at radius 1 is 1.26 bits per heavy atom. The Morgan fingerprint density at radius 2 is 1.95 bits per heavy atom. The number of carbonyl (C=O) groups excluding carboxylic acids is 1. The van der Waals surface area contributed by atoms with Crippen LogP contribution in [0.1, 0.15) is 37.5 Å². The number of aryl methyl sites for hydroxylation is 2. The Bertz CT molecular complexity index is 467. The molecule has 0 spiro atoms. The zero-order valence-corrected chi connectivity index (χ0v) is 12.3. The van der Waals surface area contributed by atoms with Crippen molar-refractivity contribution in [2.45, 2.75) is 40.2 Å². The lowest BCUT2D eigenvalue weighted by molar-refractivity contribution is -0.00234. The minimum Gasteiger partial charge on any atom is -0.430 e. The second kappa shape index (κ2) is 6.41. The molecule has 1 aromatic rings. The molecule has 0 aliphatic carbocycles. The first-order valence-electron chi connectivity index (χ1n) is 6.37. The van der Waals surface area contributed by atoms with Gasteiger partial charge in [0.25, 0.3) is 0 Å². The van der Waals surface area contributed by atoms with Gasteiger partial charge in [-0.25, -0.2) is 4.79 Å². The Hall–Kier alpha value is -1.77. The van der Waals surface area contributed by atoms with E-state index >= 15 is 0 Å². The maximum Gasteiger partial charge on any atom is 0.509 e. The third-order valence-corrected chi connectivity index (χ3v) is 2.41. The molecule has 104 valence electrons. The molecule has 0 fully saturated rings. The van der Waals surface area contributed by atoms with E-state index in [1.54, 1.807) is 20.8 Å². The fourth-order valence-corrected chi connectivity index (χ4v) is 1.58. The van der Waals surface area contributed by atoms with Gasteiger partial charge < -0.3 is 9.47 Å². The number of hydrogen-bond donors (Lipinski definition) is 0. The summed E-state index contributed by atoms with van der Waals surface area (Å²) >= 11 is 0. The van der Waals surface area contributed by atoms with Crippen LogP contribution in [-0.4, -0.2) is 18.4 Å². The second-order valence-electron chi connectivity index (χ2n) is 5.54. The molecule has 0 unspecified atom stereocenters. The quantitative estimate of drug-likeness (QED) is 0.763. The molecular formula is C16H22O3. The van der Waals surface area contributed by atoms with Crippen molar-refractivity contribution in [2.24, 2.45) is 0 Å². The van der Waals surface area contributed by atoms with Crippen LogP contribution in [0.2, 0.25) is 0 Å². The molecule has 19 heavy (non-hydrogen) atoms. The van der Waals surface area contributed by atoms with E-state index in [0.717, 1.165) is 5.56 Å². The number of ether oxygens (including phenoxy) is 2. The lowest BCUT2D eigenvalue weighted by Crippen LogP contribution is -2.24. The van der Waals surface area contributed by atoms with Gasteiger partial charge in [0.2, 0.25) is 0 Å². The molecular weight excluding hydrogens is 240 g/mol. The molecule has 3 nitrogen and oxygen atoms in total. The molecule has 1 rings (SSSR count). The molecule has 3 heteroatoms. The predicted molar refractivity (Wildman–Crippen MR) is 77.1 cm³/mol. The Labute approximate surface area is 115 Å². The lowest BCUT2D eigenvalue weighted by Gasteiger charge is -2.18. The highest BCUT2D eigenvalue weighted by molar-refractivity contribution is 5.61. The second-order valence-corrected chi connectivity index (χ2v) is 5.54. The average molecular weight is 262 g/mol. The van der Waals surface area contributed by atoms with Gasteiger partial charge in [-0.1, -0.05) is 29.8 Å². The van der Waals surface area contributed by atoms with E-state index < -0.39 is 11.8 Å². The average Bonchev–Trinajstić information content (AvgIpc) is 2.24. The highest BCUT2D eigenvalue weighted by Gasteiger charge is 2.16. The molecule has 0 N–H and O–H groups in total. The summed E-state index contributed by atoms with van der Waals surface area (Å²) in [5.74, 6) is 0. The Balaban J connectivity index is 2.44. The van der Waals surface area contributed by atoms with Crippen molar-refractivity contribution >= 4 is 12.2 Å². The summed E-state index contributed by atoms with van der Waals surface area (Å²) < 4.78 is 9.99. The summed E-state index contributed by atoms with van der Waals surface area (Å²) in [7, 11) is 0.